The van der Waals surface area contributed by atoms with Crippen molar-refractivity contribution in [2.24, 2.45) is 0 Å². The molecule has 0 spiro atoms. The first kappa shape index (κ1) is 30.0. The third kappa shape index (κ3) is 6.20. The lowest BCUT2D eigenvalue weighted by molar-refractivity contribution is 0.0953. The molecule has 0 unspecified atom stereocenters. The van der Waals surface area contributed by atoms with Crippen molar-refractivity contribution < 1.29 is 22.5 Å². The summed E-state index contributed by atoms with van der Waals surface area (Å²) >= 11 is 0. The fourth-order valence-electron chi connectivity index (χ4n) is 4.84. The number of imidazole rings is 1. The van der Waals surface area contributed by atoms with Gasteiger partial charge in [0.2, 0.25) is 0 Å². The second-order valence-corrected chi connectivity index (χ2v) is 11.5. The van der Waals surface area contributed by atoms with E-state index in [0.29, 0.717) is 35.5 Å². The van der Waals surface area contributed by atoms with Crippen molar-refractivity contribution >= 4 is 21.7 Å². The van der Waals surface area contributed by atoms with Crippen molar-refractivity contribution in [3.63, 3.8) is 0 Å². The first-order chi connectivity index (χ1) is 19.6. The number of ether oxygens (including phenoxy) is 1. The molecular weight excluding hydrogens is 542 g/mol. The van der Waals surface area contributed by atoms with Gasteiger partial charge in [-0.25, -0.2) is 13.4 Å². The normalized spacial score (nSPS) is 11.6. The molecule has 0 saturated carbocycles. The molecule has 0 aliphatic heterocycles. The number of aryl methyl sites for hydroxylation is 3. The van der Waals surface area contributed by atoms with Gasteiger partial charge in [-0.15, -0.1) is 0 Å². The van der Waals surface area contributed by atoms with E-state index in [-0.39, 0.29) is 23.2 Å². The molecule has 218 valence electrons. The second-order valence-electron chi connectivity index (χ2n) is 9.83. The number of anilines is 1. The van der Waals surface area contributed by atoms with Crippen LogP contribution in [-0.4, -0.2) is 43.2 Å². The number of benzene rings is 2. The van der Waals surface area contributed by atoms with Crippen molar-refractivity contribution in [2.45, 2.75) is 65.0 Å². The Labute approximate surface area is 241 Å². The van der Waals surface area contributed by atoms with Crippen molar-refractivity contribution in [2.75, 3.05) is 18.9 Å². The Hall–Kier alpha value is -3.96. The van der Waals surface area contributed by atoms with E-state index < -0.39 is 10.0 Å². The number of nitrogens with one attached hydrogen (secondary N) is 2. The van der Waals surface area contributed by atoms with Gasteiger partial charge in [-0.05, 0) is 49.4 Å². The molecule has 0 radical (unpaired) electrons. The highest BCUT2D eigenvalue weighted by atomic mass is 32.2. The van der Waals surface area contributed by atoms with E-state index in [4.69, 9.17) is 14.2 Å². The minimum atomic E-state index is -3.99. The number of hydrogen-bond acceptors (Lipinski definition) is 7. The van der Waals surface area contributed by atoms with Crippen LogP contribution in [0, 0.1) is 13.8 Å². The van der Waals surface area contributed by atoms with Gasteiger partial charge in [0, 0.05) is 38.2 Å². The molecule has 2 aromatic heterocycles. The molecule has 1 amide bonds. The summed E-state index contributed by atoms with van der Waals surface area (Å²) in [5.41, 5.74) is 4.98. The Kier molecular flexibility index (Phi) is 9.29. The highest BCUT2D eigenvalue weighted by molar-refractivity contribution is 7.92. The highest BCUT2D eigenvalue weighted by Crippen LogP contribution is 2.33. The minimum Gasteiger partial charge on any atom is -0.380 e. The van der Waals surface area contributed by atoms with Crippen LogP contribution < -0.4 is 10.0 Å². The number of carbonyl (C=O) groups excluding carboxylic acids is 1. The number of methoxy groups -OCH3 is 1. The van der Waals surface area contributed by atoms with Crippen LogP contribution in [0.1, 0.15) is 64.7 Å². The quantitative estimate of drug-likeness (QED) is 0.241. The molecule has 0 fully saturated rings. The smallest absolute Gasteiger partial charge is 0.269 e. The summed E-state index contributed by atoms with van der Waals surface area (Å²) in [5.74, 6) is 1.39. The SMILES string of the molecule is CCCc1nc(CC)c(C(=O)NC)n1Cc1ccc(-c2ccccc2S(=O)(=O)Nc2noc(C)c2C)c(COC)c1. The Morgan fingerprint density at radius 2 is 1.85 bits per heavy atom. The number of amides is 1. The summed E-state index contributed by atoms with van der Waals surface area (Å²) in [6.45, 7) is 8.25. The van der Waals surface area contributed by atoms with Crippen LogP contribution >= 0.6 is 0 Å². The molecule has 10 nitrogen and oxygen atoms in total. The lowest BCUT2D eigenvalue weighted by atomic mass is 9.97. The molecule has 0 atom stereocenters. The van der Waals surface area contributed by atoms with Gasteiger partial charge < -0.3 is 19.1 Å². The molecule has 2 aromatic carbocycles. The average Bonchev–Trinajstić information content (AvgIpc) is 3.47. The molecule has 0 bridgehead atoms. The highest BCUT2D eigenvalue weighted by Gasteiger charge is 2.25. The number of carbonyl (C=O) groups is 1. The second kappa shape index (κ2) is 12.7. The predicted molar refractivity (Wildman–Crippen MR) is 157 cm³/mol. The summed E-state index contributed by atoms with van der Waals surface area (Å²) in [6, 6.07) is 12.7. The lowest BCUT2D eigenvalue weighted by Crippen LogP contribution is -2.24. The van der Waals surface area contributed by atoms with Crippen LogP contribution in [-0.2, 0) is 40.8 Å². The molecule has 2 heterocycles. The Morgan fingerprint density at radius 3 is 2.49 bits per heavy atom. The van der Waals surface area contributed by atoms with E-state index in [2.05, 4.69) is 22.1 Å². The molecule has 0 aliphatic rings. The maximum Gasteiger partial charge on any atom is 0.269 e. The number of hydrogen-bond donors (Lipinski definition) is 2. The third-order valence-electron chi connectivity index (χ3n) is 7.03. The summed E-state index contributed by atoms with van der Waals surface area (Å²) in [7, 11) is -0.771. The lowest BCUT2D eigenvalue weighted by Gasteiger charge is -2.17. The van der Waals surface area contributed by atoms with E-state index in [1.54, 1.807) is 52.3 Å². The van der Waals surface area contributed by atoms with Gasteiger partial charge in [0.15, 0.2) is 5.82 Å². The molecule has 4 aromatic rings. The maximum atomic E-state index is 13.5. The molecule has 11 heteroatoms. The summed E-state index contributed by atoms with van der Waals surface area (Å²) in [6.07, 6.45) is 2.29. The van der Waals surface area contributed by atoms with Crippen molar-refractivity contribution in [3.8, 4) is 11.1 Å². The zero-order chi connectivity index (χ0) is 29.7. The van der Waals surface area contributed by atoms with Gasteiger partial charge in [-0.1, -0.05) is 55.4 Å². The minimum absolute atomic E-state index is 0.111. The number of rotatable bonds is 12. The maximum absolute atomic E-state index is 13.5. The van der Waals surface area contributed by atoms with Gasteiger partial charge in [0.1, 0.15) is 17.3 Å². The van der Waals surface area contributed by atoms with Crippen LogP contribution in [0.5, 0.6) is 0 Å². The Bertz CT molecular complexity index is 1660. The first-order valence-electron chi connectivity index (χ1n) is 13.6. The van der Waals surface area contributed by atoms with Crippen molar-refractivity contribution in [1.29, 1.82) is 0 Å². The Morgan fingerprint density at radius 1 is 1.10 bits per heavy atom. The fraction of sp³-hybridized carbons (Fsp3) is 0.367. The number of aromatic nitrogens is 3. The molecular formula is C30H37N5O5S. The van der Waals surface area contributed by atoms with E-state index in [0.717, 1.165) is 41.1 Å². The van der Waals surface area contributed by atoms with E-state index >= 15 is 0 Å². The van der Waals surface area contributed by atoms with Gasteiger partial charge in [0.25, 0.3) is 15.9 Å². The van der Waals surface area contributed by atoms with Crippen LogP contribution in [0.15, 0.2) is 51.9 Å². The zero-order valence-electron chi connectivity index (χ0n) is 24.4. The topological polar surface area (TPSA) is 128 Å². The van der Waals surface area contributed by atoms with Gasteiger partial charge in [-0.3, -0.25) is 9.52 Å². The predicted octanol–water partition coefficient (Wildman–Crippen LogP) is 5.02. The average molecular weight is 580 g/mol. The van der Waals surface area contributed by atoms with E-state index in [9.17, 15) is 13.2 Å². The van der Waals surface area contributed by atoms with Crippen LogP contribution in [0.2, 0.25) is 0 Å². The molecule has 41 heavy (non-hydrogen) atoms. The van der Waals surface area contributed by atoms with E-state index in [1.165, 1.54) is 0 Å². The summed E-state index contributed by atoms with van der Waals surface area (Å²) in [5, 5.41) is 6.61. The van der Waals surface area contributed by atoms with Crippen molar-refractivity contribution in [1.82, 2.24) is 20.0 Å². The third-order valence-corrected chi connectivity index (χ3v) is 8.43. The van der Waals surface area contributed by atoms with Gasteiger partial charge in [-0.2, -0.15) is 0 Å². The fourth-order valence-corrected chi connectivity index (χ4v) is 6.12. The first-order valence-corrected chi connectivity index (χ1v) is 15.1. The molecule has 0 saturated heterocycles. The Balaban J connectivity index is 1.78. The van der Waals surface area contributed by atoms with Crippen molar-refractivity contribution in [3.05, 3.63) is 82.1 Å². The van der Waals surface area contributed by atoms with Crippen LogP contribution in [0.3, 0.4) is 0 Å². The zero-order valence-corrected chi connectivity index (χ0v) is 25.2. The standard InChI is InChI=1S/C30H37N5O5S/c1-7-11-27-32-25(8-2)28(30(36)31-5)35(27)17-21-14-15-23(22(16-21)18-39-6)24-12-9-10-13-26(24)41(37,38)34-29-19(3)20(4)40-33-29/h9-10,12-16H,7-8,11,17-18H2,1-6H3,(H,31,36)(H,33,34). The number of nitrogens with zero attached hydrogens (tertiary/aromatic N) is 3. The largest absolute Gasteiger partial charge is 0.380 e. The number of sulfonamides is 1. The summed E-state index contributed by atoms with van der Waals surface area (Å²) in [4.78, 5) is 17.7. The van der Waals surface area contributed by atoms with E-state index in [1.807, 2.05) is 29.7 Å². The summed E-state index contributed by atoms with van der Waals surface area (Å²) < 4.78 is 42.3. The van der Waals surface area contributed by atoms with Crippen LogP contribution in [0.25, 0.3) is 11.1 Å². The monoisotopic (exact) mass is 579 g/mol. The molecule has 2 N–H and O–H groups in total. The molecule has 4 rings (SSSR count). The van der Waals surface area contributed by atoms with Gasteiger partial charge >= 0.3 is 0 Å². The molecule has 0 aliphatic carbocycles. The van der Waals surface area contributed by atoms with Crippen LogP contribution in [0.4, 0.5) is 5.82 Å². The van der Waals surface area contributed by atoms with Gasteiger partial charge in [0.05, 0.1) is 17.2 Å².